The fraction of sp³-hybridized carbons (Fsp3) is 0.448. The van der Waals surface area contributed by atoms with Crippen molar-refractivity contribution in [3.63, 3.8) is 0 Å². The highest BCUT2D eigenvalue weighted by atomic mass is 31.2. The lowest BCUT2D eigenvalue weighted by Crippen LogP contribution is -2.27. The number of nitrogen functional groups attached to an aromatic ring is 1. The SMILES string of the molecule is CCOCc1nc2c(N)nc3ccccc3c2n1C1(COCP2(=O)OCC(c3cccc(CC)c3)CO2)CC1. The molecular weight excluding hydrogens is 515 g/mol. The summed E-state index contributed by atoms with van der Waals surface area (Å²) in [4.78, 5) is 9.43. The topological polar surface area (TPSA) is 111 Å². The first kappa shape index (κ1) is 26.4. The smallest absolute Gasteiger partial charge is 0.356 e. The van der Waals surface area contributed by atoms with E-state index < -0.39 is 7.60 Å². The molecule has 0 unspecified atom stereocenters. The fourth-order valence-corrected chi connectivity index (χ4v) is 6.75. The number of hydrogen-bond acceptors (Lipinski definition) is 8. The molecule has 1 saturated carbocycles. The van der Waals surface area contributed by atoms with Crippen LogP contribution >= 0.6 is 7.60 Å². The van der Waals surface area contributed by atoms with Gasteiger partial charge in [0.1, 0.15) is 24.3 Å². The maximum atomic E-state index is 13.3. The Morgan fingerprint density at radius 1 is 1.08 bits per heavy atom. The lowest BCUT2D eigenvalue weighted by Gasteiger charge is -2.30. The molecule has 4 aromatic rings. The van der Waals surface area contributed by atoms with Gasteiger partial charge in [-0.15, -0.1) is 0 Å². The number of rotatable bonds is 10. The van der Waals surface area contributed by atoms with Gasteiger partial charge in [0.25, 0.3) is 0 Å². The summed E-state index contributed by atoms with van der Waals surface area (Å²) in [6.45, 7) is 6.07. The van der Waals surface area contributed by atoms with Crippen LogP contribution in [0.15, 0.2) is 48.5 Å². The molecule has 0 radical (unpaired) electrons. The molecule has 39 heavy (non-hydrogen) atoms. The zero-order chi connectivity index (χ0) is 27.0. The van der Waals surface area contributed by atoms with E-state index in [4.69, 9.17) is 29.2 Å². The normalized spacial score (nSPS) is 22.5. The zero-order valence-corrected chi connectivity index (χ0v) is 23.4. The molecule has 2 aliphatic rings. The Morgan fingerprint density at radius 3 is 2.62 bits per heavy atom. The van der Waals surface area contributed by atoms with Gasteiger partial charge in [0, 0.05) is 17.9 Å². The molecule has 1 aliphatic carbocycles. The first-order valence-corrected chi connectivity index (χ1v) is 15.4. The number of pyridine rings is 1. The molecular formula is C29H35N4O5P. The molecule has 9 nitrogen and oxygen atoms in total. The number of aryl methyl sites for hydroxylation is 1. The number of aromatic nitrogens is 3. The second-order valence-corrected chi connectivity index (χ2v) is 12.4. The van der Waals surface area contributed by atoms with Crippen molar-refractivity contribution in [3.05, 3.63) is 65.5 Å². The zero-order valence-electron chi connectivity index (χ0n) is 22.5. The molecule has 0 amide bonds. The van der Waals surface area contributed by atoms with E-state index in [-0.39, 0.29) is 17.8 Å². The quantitative estimate of drug-likeness (QED) is 0.249. The summed E-state index contributed by atoms with van der Waals surface area (Å²) in [7, 11) is -3.35. The lowest BCUT2D eigenvalue weighted by molar-refractivity contribution is 0.0716. The highest BCUT2D eigenvalue weighted by Gasteiger charge is 2.48. The molecule has 3 heterocycles. The molecule has 6 rings (SSSR count). The number of para-hydroxylation sites is 1. The Hall–Kier alpha value is -2.81. The summed E-state index contributed by atoms with van der Waals surface area (Å²) in [5.74, 6) is 1.23. The molecule has 1 aliphatic heterocycles. The minimum Gasteiger partial charge on any atom is -0.382 e. The largest absolute Gasteiger partial charge is 0.382 e. The summed E-state index contributed by atoms with van der Waals surface area (Å²) in [6.07, 6.45) is 2.67. The van der Waals surface area contributed by atoms with E-state index in [0.717, 1.165) is 47.1 Å². The van der Waals surface area contributed by atoms with Crippen LogP contribution < -0.4 is 5.73 Å². The predicted molar refractivity (Wildman–Crippen MR) is 151 cm³/mol. The van der Waals surface area contributed by atoms with Crippen LogP contribution in [-0.4, -0.2) is 47.3 Å². The van der Waals surface area contributed by atoms with Crippen molar-refractivity contribution in [3.8, 4) is 0 Å². The third-order valence-corrected chi connectivity index (χ3v) is 9.31. The van der Waals surface area contributed by atoms with E-state index in [1.165, 1.54) is 5.56 Å². The molecule has 2 aromatic carbocycles. The second kappa shape index (κ2) is 10.6. The van der Waals surface area contributed by atoms with Crippen LogP contribution in [0.2, 0.25) is 0 Å². The van der Waals surface area contributed by atoms with Gasteiger partial charge in [0.2, 0.25) is 0 Å². The molecule has 2 fully saturated rings. The first-order valence-electron chi connectivity index (χ1n) is 13.6. The molecule has 0 atom stereocenters. The number of benzene rings is 2. The van der Waals surface area contributed by atoms with E-state index in [1.807, 2.05) is 37.3 Å². The molecule has 0 bridgehead atoms. The summed E-state index contributed by atoms with van der Waals surface area (Å²) in [5, 5.41) is 0.980. The standard InChI is InChI=1S/C29H35N4O5P/c1-3-20-8-7-9-21(14-20)22-15-37-39(34,38-16-22)19-36-18-29(12-13-29)33-25(17-35-4-2)32-26-27(33)23-10-5-6-11-24(23)31-28(26)30/h5-11,14,22H,3-4,12-13,15-19H2,1-2H3,(H2,30,31). The molecule has 1 saturated heterocycles. The van der Waals surface area contributed by atoms with Crippen molar-refractivity contribution < 1.29 is 23.1 Å². The van der Waals surface area contributed by atoms with E-state index in [1.54, 1.807) is 0 Å². The van der Waals surface area contributed by atoms with Gasteiger partial charge in [-0.1, -0.05) is 49.4 Å². The molecule has 2 N–H and O–H groups in total. The summed E-state index contributed by atoms with van der Waals surface area (Å²) < 4.78 is 39.0. The van der Waals surface area contributed by atoms with Crippen molar-refractivity contribution in [2.45, 2.75) is 51.2 Å². The predicted octanol–water partition coefficient (Wildman–Crippen LogP) is 5.75. The molecule has 0 spiro atoms. The Balaban J connectivity index is 1.20. The Labute approximate surface area is 228 Å². The Bertz CT molecular complexity index is 1540. The van der Waals surface area contributed by atoms with Crippen molar-refractivity contribution in [1.29, 1.82) is 0 Å². The van der Waals surface area contributed by atoms with Crippen LogP contribution in [0.5, 0.6) is 0 Å². The highest BCUT2D eigenvalue weighted by molar-refractivity contribution is 7.53. The maximum absolute atomic E-state index is 13.3. The number of nitrogens with two attached hydrogens (primary N) is 1. The van der Waals surface area contributed by atoms with Crippen LogP contribution in [0.1, 0.15) is 49.6 Å². The van der Waals surface area contributed by atoms with Crippen LogP contribution in [0.3, 0.4) is 0 Å². The van der Waals surface area contributed by atoms with Gasteiger partial charge >= 0.3 is 7.60 Å². The van der Waals surface area contributed by atoms with Crippen molar-refractivity contribution in [1.82, 2.24) is 14.5 Å². The van der Waals surface area contributed by atoms with Gasteiger partial charge in [0.15, 0.2) is 5.82 Å². The fourth-order valence-electron chi connectivity index (χ4n) is 5.40. The van der Waals surface area contributed by atoms with Crippen LogP contribution in [0.25, 0.3) is 21.9 Å². The van der Waals surface area contributed by atoms with Crippen molar-refractivity contribution in [2.75, 3.05) is 38.5 Å². The summed E-state index contributed by atoms with van der Waals surface area (Å²) >= 11 is 0. The number of imidazole rings is 1. The van der Waals surface area contributed by atoms with E-state index in [0.29, 0.717) is 44.4 Å². The van der Waals surface area contributed by atoms with Crippen molar-refractivity contribution in [2.24, 2.45) is 0 Å². The number of anilines is 1. The maximum Gasteiger partial charge on any atom is 0.356 e. The lowest BCUT2D eigenvalue weighted by atomic mass is 9.98. The van der Waals surface area contributed by atoms with Gasteiger partial charge < -0.3 is 28.8 Å². The minimum atomic E-state index is -3.35. The third kappa shape index (κ3) is 5.10. The Morgan fingerprint density at radius 2 is 1.87 bits per heavy atom. The third-order valence-electron chi connectivity index (χ3n) is 7.72. The number of ether oxygens (including phenoxy) is 2. The average molecular weight is 551 g/mol. The monoisotopic (exact) mass is 550 g/mol. The van der Waals surface area contributed by atoms with Crippen LogP contribution in [-0.2, 0) is 41.7 Å². The summed E-state index contributed by atoms with van der Waals surface area (Å²) in [5.41, 5.74) is 10.8. The highest BCUT2D eigenvalue weighted by Crippen LogP contribution is 2.54. The van der Waals surface area contributed by atoms with Gasteiger partial charge in [-0.25, -0.2) is 9.97 Å². The van der Waals surface area contributed by atoms with E-state index >= 15 is 0 Å². The summed E-state index contributed by atoms with van der Waals surface area (Å²) in [6, 6.07) is 16.3. The number of nitrogens with zero attached hydrogens (tertiary/aromatic N) is 3. The van der Waals surface area contributed by atoms with Crippen LogP contribution in [0, 0.1) is 0 Å². The van der Waals surface area contributed by atoms with Crippen molar-refractivity contribution >= 4 is 35.3 Å². The first-order chi connectivity index (χ1) is 19.0. The number of hydrogen-bond donors (Lipinski definition) is 1. The molecule has 2 aromatic heterocycles. The minimum absolute atomic E-state index is 0.0548. The molecule has 10 heteroatoms. The number of fused-ring (bicyclic) bond motifs is 3. The second-order valence-electron chi connectivity index (χ2n) is 10.4. The van der Waals surface area contributed by atoms with Gasteiger partial charge in [0.05, 0.1) is 36.4 Å². The van der Waals surface area contributed by atoms with Gasteiger partial charge in [-0.05, 0) is 43.4 Å². The van der Waals surface area contributed by atoms with Crippen LogP contribution in [0.4, 0.5) is 5.82 Å². The molecule has 206 valence electrons. The van der Waals surface area contributed by atoms with E-state index in [9.17, 15) is 4.57 Å². The average Bonchev–Trinajstić information content (AvgIpc) is 3.62. The van der Waals surface area contributed by atoms with Gasteiger partial charge in [-0.2, -0.15) is 0 Å². The Kier molecular flexibility index (Phi) is 7.20. The van der Waals surface area contributed by atoms with Gasteiger partial charge in [-0.3, -0.25) is 4.57 Å². The van der Waals surface area contributed by atoms with E-state index in [2.05, 4.69) is 34.7 Å².